The van der Waals surface area contributed by atoms with Crippen LogP contribution < -0.4 is 32.0 Å². The van der Waals surface area contributed by atoms with Gasteiger partial charge >= 0.3 is 0 Å². The molecule has 1 aromatic carbocycles. The van der Waals surface area contributed by atoms with Crippen LogP contribution in [-0.4, -0.2) is 40.1 Å². The highest BCUT2D eigenvalue weighted by molar-refractivity contribution is 5.95. The van der Waals surface area contributed by atoms with Crippen molar-refractivity contribution in [1.82, 2.24) is 20.7 Å². The van der Waals surface area contributed by atoms with Gasteiger partial charge < -0.3 is 21.1 Å². The van der Waals surface area contributed by atoms with Crippen molar-refractivity contribution in [3.05, 3.63) is 36.2 Å². The molecule has 0 saturated carbocycles. The molecule has 9 nitrogen and oxygen atoms in total. The minimum Gasteiger partial charge on any atom is -0.497 e. The molecule has 1 fully saturated rings. The highest BCUT2D eigenvalue weighted by atomic mass is 16.5. The quantitative estimate of drug-likeness (QED) is 0.457. The number of benzene rings is 1. The minimum absolute atomic E-state index is 0.00533. The Morgan fingerprint density at radius 2 is 1.70 bits per heavy atom. The molecule has 0 unspecified atom stereocenters. The number of ether oxygens (including phenoxy) is 1. The zero-order valence-corrected chi connectivity index (χ0v) is 18.2. The summed E-state index contributed by atoms with van der Waals surface area (Å²) in [6, 6.07) is 6.99. The number of piperidine rings is 1. The van der Waals surface area contributed by atoms with Gasteiger partial charge in [0.1, 0.15) is 17.8 Å². The summed E-state index contributed by atoms with van der Waals surface area (Å²) in [6.45, 7) is 8.75. The van der Waals surface area contributed by atoms with Gasteiger partial charge in [-0.3, -0.25) is 15.6 Å². The number of carbonyl (C=O) groups is 1. The van der Waals surface area contributed by atoms with Gasteiger partial charge in [-0.2, -0.15) is 0 Å². The van der Waals surface area contributed by atoms with Gasteiger partial charge in [0.25, 0.3) is 5.91 Å². The number of nitrogens with one attached hydrogen (secondary N) is 4. The Hall–Kier alpha value is -3.07. The van der Waals surface area contributed by atoms with Crippen LogP contribution in [0.2, 0.25) is 0 Å². The second kappa shape index (κ2) is 8.35. The lowest BCUT2D eigenvalue weighted by Gasteiger charge is -2.46. The average Bonchev–Trinajstić information content (AvgIpc) is 2.66. The highest BCUT2D eigenvalue weighted by Gasteiger charge is 2.37. The van der Waals surface area contributed by atoms with Crippen LogP contribution in [0.4, 0.5) is 17.3 Å². The third kappa shape index (κ3) is 5.29. The van der Waals surface area contributed by atoms with E-state index in [-0.39, 0.29) is 23.0 Å². The fourth-order valence-corrected chi connectivity index (χ4v) is 4.16. The number of amides is 1. The van der Waals surface area contributed by atoms with Crippen LogP contribution >= 0.6 is 0 Å². The molecule has 1 saturated heterocycles. The van der Waals surface area contributed by atoms with Crippen molar-refractivity contribution < 1.29 is 9.53 Å². The Bertz CT molecular complexity index is 881. The number of rotatable bonds is 6. The molecule has 1 aliphatic rings. The van der Waals surface area contributed by atoms with Gasteiger partial charge in [-0.05, 0) is 64.8 Å². The van der Waals surface area contributed by atoms with Gasteiger partial charge in [0.15, 0.2) is 11.6 Å². The normalized spacial score (nSPS) is 17.8. The zero-order valence-electron chi connectivity index (χ0n) is 18.2. The molecule has 0 radical (unpaired) electrons. The Morgan fingerprint density at radius 3 is 2.30 bits per heavy atom. The molecule has 1 aromatic heterocycles. The second-order valence-corrected chi connectivity index (χ2v) is 8.93. The summed E-state index contributed by atoms with van der Waals surface area (Å²) in [7, 11) is 1.58. The predicted molar refractivity (Wildman–Crippen MR) is 118 cm³/mol. The molecule has 6 N–H and O–H groups in total. The van der Waals surface area contributed by atoms with E-state index in [1.165, 1.54) is 6.33 Å². The summed E-state index contributed by atoms with van der Waals surface area (Å²) in [5.74, 6) is 1.25. The van der Waals surface area contributed by atoms with Crippen LogP contribution in [0.25, 0.3) is 0 Å². The SMILES string of the molecule is COc1ccc(C(=O)NNc2ncnc(NC3CC(C)(C)NC(C)(C)C3)c2N)cc1. The van der Waals surface area contributed by atoms with Crippen LogP contribution in [0.3, 0.4) is 0 Å². The van der Waals surface area contributed by atoms with Crippen LogP contribution in [0.15, 0.2) is 30.6 Å². The minimum atomic E-state index is -0.313. The molecule has 0 aliphatic carbocycles. The first-order chi connectivity index (χ1) is 14.1. The molecular formula is C21H31N7O2. The number of nitrogen functional groups attached to an aromatic ring is 1. The van der Waals surface area contributed by atoms with Crippen molar-refractivity contribution in [3.8, 4) is 5.75 Å². The summed E-state index contributed by atoms with van der Waals surface area (Å²) >= 11 is 0. The molecule has 1 aliphatic heterocycles. The Kier molecular flexibility index (Phi) is 6.02. The van der Waals surface area contributed by atoms with Gasteiger partial charge in [-0.25, -0.2) is 9.97 Å². The number of carbonyl (C=O) groups excluding carboxylic acids is 1. The van der Waals surface area contributed by atoms with Crippen molar-refractivity contribution in [1.29, 1.82) is 0 Å². The molecule has 0 bridgehead atoms. The Morgan fingerprint density at radius 1 is 1.10 bits per heavy atom. The summed E-state index contributed by atoms with van der Waals surface area (Å²) in [5.41, 5.74) is 12.5. The maximum Gasteiger partial charge on any atom is 0.269 e. The van der Waals surface area contributed by atoms with Gasteiger partial charge in [0.05, 0.1) is 7.11 Å². The summed E-state index contributed by atoms with van der Waals surface area (Å²) in [6.07, 6.45) is 3.27. The third-order valence-electron chi connectivity index (χ3n) is 5.06. The number of hydrazine groups is 1. The molecule has 2 aromatic rings. The smallest absolute Gasteiger partial charge is 0.269 e. The van der Waals surface area contributed by atoms with E-state index in [1.54, 1.807) is 31.4 Å². The fraction of sp³-hybridized carbons (Fsp3) is 0.476. The molecule has 0 atom stereocenters. The summed E-state index contributed by atoms with van der Waals surface area (Å²) < 4.78 is 5.10. The number of methoxy groups -OCH3 is 1. The van der Waals surface area contributed by atoms with E-state index in [0.29, 0.717) is 28.6 Å². The first kappa shape index (κ1) is 21.6. The Balaban J connectivity index is 1.66. The Labute approximate surface area is 177 Å². The lowest BCUT2D eigenvalue weighted by atomic mass is 9.79. The number of hydrogen-bond acceptors (Lipinski definition) is 8. The number of anilines is 3. The lowest BCUT2D eigenvalue weighted by molar-refractivity contribution is 0.0962. The molecule has 30 heavy (non-hydrogen) atoms. The maximum absolute atomic E-state index is 12.4. The molecular weight excluding hydrogens is 382 g/mol. The molecule has 162 valence electrons. The van der Waals surface area contributed by atoms with Crippen LogP contribution in [0.5, 0.6) is 5.75 Å². The van der Waals surface area contributed by atoms with E-state index < -0.39 is 0 Å². The largest absolute Gasteiger partial charge is 0.497 e. The maximum atomic E-state index is 12.4. The van der Waals surface area contributed by atoms with Gasteiger partial charge in [-0.1, -0.05) is 0 Å². The van der Waals surface area contributed by atoms with Gasteiger partial charge in [0, 0.05) is 22.7 Å². The average molecular weight is 414 g/mol. The standard InChI is InChI=1S/C21H31N7O2/c1-20(2)10-14(11-21(3,4)28-20)25-17-16(22)18(24-12-23-17)26-27-19(29)13-6-8-15(30-5)9-7-13/h6-9,12,14,28H,10-11,22H2,1-5H3,(H,27,29)(H2,23,24,25,26). The van der Waals surface area contributed by atoms with Crippen LogP contribution in [0, 0.1) is 0 Å². The van der Waals surface area contributed by atoms with Crippen molar-refractivity contribution in [2.75, 3.05) is 23.6 Å². The summed E-state index contributed by atoms with van der Waals surface area (Å²) in [5, 5.41) is 7.11. The second-order valence-electron chi connectivity index (χ2n) is 8.93. The van der Waals surface area contributed by atoms with E-state index in [9.17, 15) is 4.79 Å². The van der Waals surface area contributed by atoms with Crippen LogP contribution in [0.1, 0.15) is 50.9 Å². The van der Waals surface area contributed by atoms with Crippen molar-refractivity contribution in [3.63, 3.8) is 0 Å². The number of aromatic nitrogens is 2. The molecule has 2 heterocycles. The molecule has 3 rings (SSSR count). The highest BCUT2D eigenvalue weighted by Crippen LogP contribution is 2.32. The zero-order chi connectivity index (χ0) is 21.9. The van der Waals surface area contributed by atoms with E-state index in [0.717, 1.165) is 12.8 Å². The van der Waals surface area contributed by atoms with Crippen LogP contribution in [-0.2, 0) is 0 Å². The topological polar surface area (TPSA) is 126 Å². The van der Waals surface area contributed by atoms with Crippen molar-refractivity contribution >= 4 is 23.2 Å². The fourth-order valence-electron chi connectivity index (χ4n) is 4.16. The van der Waals surface area contributed by atoms with E-state index in [2.05, 4.69) is 59.1 Å². The van der Waals surface area contributed by atoms with E-state index >= 15 is 0 Å². The van der Waals surface area contributed by atoms with Gasteiger partial charge in [-0.15, -0.1) is 0 Å². The first-order valence-electron chi connectivity index (χ1n) is 9.95. The number of hydrogen-bond donors (Lipinski definition) is 5. The summed E-state index contributed by atoms with van der Waals surface area (Å²) in [4.78, 5) is 20.8. The monoisotopic (exact) mass is 413 g/mol. The number of nitrogens with zero attached hydrogens (tertiary/aromatic N) is 2. The third-order valence-corrected chi connectivity index (χ3v) is 5.06. The number of nitrogens with two attached hydrogens (primary N) is 1. The predicted octanol–water partition coefficient (Wildman–Crippen LogP) is 2.55. The first-order valence-corrected chi connectivity index (χ1v) is 9.95. The van der Waals surface area contributed by atoms with E-state index in [4.69, 9.17) is 10.5 Å². The molecule has 0 spiro atoms. The molecule has 9 heteroatoms. The van der Waals surface area contributed by atoms with Crippen molar-refractivity contribution in [2.45, 2.75) is 57.7 Å². The lowest BCUT2D eigenvalue weighted by Crippen LogP contribution is -2.60. The van der Waals surface area contributed by atoms with E-state index in [1.807, 2.05) is 0 Å². The molecule has 1 amide bonds. The van der Waals surface area contributed by atoms with Gasteiger partial charge in [0.2, 0.25) is 0 Å². The van der Waals surface area contributed by atoms with Crippen molar-refractivity contribution in [2.24, 2.45) is 0 Å².